The van der Waals surface area contributed by atoms with Gasteiger partial charge in [-0.05, 0) is 12.1 Å². The molecule has 5 nitrogen and oxygen atoms in total. The van der Waals surface area contributed by atoms with Gasteiger partial charge in [-0.1, -0.05) is 0 Å². The van der Waals surface area contributed by atoms with Crippen LogP contribution in [0, 0.1) is 10.1 Å². The van der Waals surface area contributed by atoms with Crippen LogP contribution in [0.5, 0.6) is 5.75 Å². The zero-order valence-electron chi connectivity index (χ0n) is 9.69. The lowest BCUT2D eigenvalue weighted by atomic mass is 10.2. The number of benzene rings is 1. The van der Waals surface area contributed by atoms with Gasteiger partial charge in [-0.15, -0.1) is 0 Å². The van der Waals surface area contributed by atoms with Crippen LogP contribution in [0.3, 0.4) is 0 Å². The van der Waals surface area contributed by atoms with Gasteiger partial charge in [0.15, 0.2) is 12.4 Å². The molecule has 1 aromatic rings. The molecule has 18 heavy (non-hydrogen) atoms. The van der Waals surface area contributed by atoms with Gasteiger partial charge in [-0.25, -0.2) is 0 Å². The third-order valence-corrected chi connectivity index (χ3v) is 2.05. The maximum absolute atomic E-state index is 12.0. The summed E-state index contributed by atoms with van der Waals surface area (Å²) in [5.41, 5.74) is 0.00603. The lowest BCUT2D eigenvalue weighted by molar-refractivity contribution is -0.386. The molecule has 1 aromatic carbocycles. The predicted molar refractivity (Wildman–Crippen MR) is 59.0 cm³/mol. The molecule has 0 saturated carbocycles. The SMILES string of the molecule is CN(C)c1ccc(OCC(F)(F)F)c([N+](=O)[O-])c1. The van der Waals surface area contributed by atoms with E-state index in [0.29, 0.717) is 5.69 Å². The highest BCUT2D eigenvalue weighted by molar-refractivity contribution is 5.59. The van der Waals surface area contributed by atoms with Crippen LogP contribution in [-0.2, 0) is 0 Å². The van der Waals surface area contributed by atoms with Gasteiger partial charge in [0, 0.05) is 25.8 Å². The van der Waals surface area contributed by atoms with E-state index in [1.54, 1.807) is 19.0 Å². The molecule has 0 heterocycles. The van der Waals surface area contributed by atoms with Crippen LogP contribution in [0.1, 0.15) is 0 Å². The predicted octanol–water partition coefficient (Wildman–Crippen LogP) is 2.60. The fourth-order valence-electron chi connectivity index (χ4n) is 1.21. The highest BCUT2D eigenvalue weighted by Crippen LogP contribution is 2.32. The topological polar surface area (TPSA) is 55.6 Å². The largest absolute Gasteiger partial charge is 0.477 e. The van der Waals surface area contributed by atoms with Crippen molar-refractivity contribution in [3.8, 4) is 5.75 Å². The minimum Gasteiger partial charge on any atom is -0.477 e. The Morgan fingerprint density at radius 3 is 2.44 bits per heavy atom. The summed E-state index contributed by atoms with van der Waals surface area (Å²) in [6.07, 6.45) is -4.53. The van der Waals surface area contributed by atoms with Crippen molar-refractivity contribution in [1.82, 2.24) is 0 Å². The van der Waals surface area contributed by atoms with Crippen molar-refractivity contribution < 1.29 is 22.8 Å². The Kier molecular flexibility index (Phi) is 4.00. The van der Waals surface area contributed by atoms with Gasteiger partial charge in [-0.3, -0.25) is 10.1 Å². The first-order valence-corrected chi connectivity index (χ1v) is 4.86. The van der Waals surface area contributed by atoms with Crippen LogP contribution in [0.15, 0.2) is 18.2 Å². The van der Waals surface area contributed by atoms with E-state index in [9.17, 15) is 23.3 Å². The maximum Gasteiger partial charge on any atom is 0.422 e. The standard InChI is InChI=1S/C10H11F3N2O3/c1-14(2)7-3-4-9(8(5-7)15(16)17)18-6-10(11,12)13/h3-5H,6H2,1-2H3. The van der Waals surface area contributed by atoms with Gasteiger partial charge in [-0.2, -0.15) is 13.2 Å². The molecule has 0 bridgehead atoms. The van der Waals surface area contributed by atoms with Crippen LogP contribution >= 0.6 is 0 Å². The number of nitrogens with zero attached hydrogens (tertiary/aromatic N) is 2. The van der Waals surface area contributed by atoms with Gasteiger partial charge < -0.3 is 9.64 Å². The van der Waals surface area contributed by atoms with Crippen molar-refractivity contribution in [1.29, 1.82) is 0 Å². The Labute approximate surface area is 101 Å². The van der Waals surface area contributed by atoms with Gasteiger partial charge >= 0.3 is 11.9 Å². The Bertz CT molecular complexity index is 446. The zero-order chi connectivity index (χ0) is 13.9. The Morgan fingerprint density at radius 2 is 2.00 bits per heavy atom. The molecule has 8 heteroatoms. The monoisotopic (exact) mass is 264 g/mol. The van der Waals surface area contributed by atoms with Crippen molar-refractivity contribution in [2.24, 2.45) is 0 Å². The lowest BCUT2D eigenvalue weighted by Crippen LogP contribution is -2.19. The van der Waals surface area contributed by atoms with E-state index in [1.165, 1.54) is 6.07 Å². The number of hydrogen-bond donors (Lipinski definition) is 0. The maximum atomic E-state index is 12.0. The van der Waals surface area contributed by atoms with E-state index >= 15 is 0 Å². The molecule has 0 aliphatic rings. The first kappa shape index (κ1) is 14.1. The van der Waals surface area contributed by atoms with Gasteiger partial charge in [0.05, 0.1) is 4.92 Å². The Balaban J connectivity index is 3.01. The second kappa shape index (κ2) is 5.11. The molecule has 0 atom stereocenters. The fourth-order valence-corrected chi connectivity index (χ4v) is 1.21. The van der Waals surface area contributed by atoms with Gasteiger partial charge in [0.1, 0.15) is 0 Å². The van der Waals surface area contributed by atoms with Crippen molar-refractivity contribution in [3.05, 3.63) is 28.3 Å². The highest BCUT2D eigenvalue weighted by Gasteiger charge is 2.30. The number of nitro groups is 1. The van der Waals surface area contributed by atoms with Crippen molar-refractivity contribution >= 4 is 11.4 Å². The average molecular weight is 264 g/mol. The summed E-state index contributed by atoms with van der Waals surface area (Å²) >= 11 is 0. The summed E-state index contributed by atoms with van der Waals surface area (Å²) in [6.45, 7) is -1.56. The van der Waals surface area contributed by atoms with Crippen molar-refractivity contribution in [2.45, 2.75) is 6.18 Å². The zero-order valence-corrected chi connectivity index (χ0v) is 9.69. The Hall–Kier alpha value is -1.99. The van der Waals surface area contributed by atoms with Crippen molar-refractivity contribution in [2.75, 3.05) is 25.6 Å². The summed E-state index contributed by atoms with van der Waals surface area (Å²) in [6, 6.07) is 3.75. The second-order valence-corrected chi connectivity index (χ2v) is 3.71. The fraction of sp³-hybridized carbons (Fsp3) is 0.400. The number of ether oxygens (including phenoxy) is 1. The van der Waals surface area contributed by atoms with Gasteiger partial charge in [0.2, 0.25) is 0 Å². The number of nitro benzene ring substituents is 1. The number of anilines is 1. The molecule has 0 N–H and O–H groups in total. The minimum absolute atomic E-state index is 0.400. The van der Waals surface area contributed by atoms with Crippen LogP contribution < -0.4 is 9.64 Å². The molecule has 0 aliphatic heterocycles. The summed E-state index contributed by atoms with van der Waals surface area (Å²) in [5, 5.41) is 10.7. The van der Waals surface area contributed by atoms with Crippen LogP contribution in [-0.4, -0.2) is 31.8 Å². The summed E-state index contributed by atoms with van der Waals surface area (Å²) < 4.78 is 40.3. The average Bonchev–Trinajstić information content (AvgIpc) is 2.24. The minimum atomic E-state index is -4.53. The van der Waals surface area contributed by atoms with E-state index < -0.39 is 29.1 Å². The van der Waals surface area contributed by atoms with E-state index in [-0.39, 0.29) is 0 Å². The van der Waals surface area contributed by atoms with Crippen LogP contribution in [0.2, 0.25) is 0 Å². The quantitative estimate of drug-likeness (QED) is 0.619. The summed E-state index contributed by atoms with van der Waals surface area (Å²) in [4.78, 5) is 11.6. The second-order valence-electron chi connectivity index (χ2n) is 3.71. The third kappa shape index (κ3) is 3.79. The first-order chi connectivity index (χ1) is 8.20. The van der Waals surface area contributed by atoms with Crippen molar-refractivity contribution in [3.63, 3.8) is 0 Å². The molecule has 100 valence electrons. The molecule has 0 spiro atoms. The van der Waals surface area contributed by atoms with Gasteiger partial charge in [0.25, 0.3) is 0 Å². The first-order valence-electron chi connectivity index (χ1n) is 4.86. The molecule has 0 aromatic heterocycles. The molecule has 0 amide bonds. The lowest BCUT2D eigenvalue weighted by Gasteiger charge is -2.14. The van der Waals surface area contributed by atoms with E-state index in [0.717, 1.165) is 12.1 Å². The smallest absolute Gasteiger partial charge is 0.422 e. The highest BCUT2D eigenvalue weighted by atomic mass is 19.4. The molecule has 0 radical (unpaired) electrons. The van der Waals surface area contributed by atoms with E-state index in [4.69, 9.17) is 0 Å². The molecule has 1 rings (SSSR count). The number of halogens is 3. The molecular formula is C10H11F3N2O3. The van der Waals surface area contributed by atoms with Crippen LogP contribution in [0.4, 0.5) is 24.5 Å². The normalized spacial score (nSPS) is 11.2. The third-order valence-electron chi connectivity index (χ3n) is 2.05. The molecule has 0 aliphatic carbocycles. The number of hydrogen-bond acceptors (Lipinski definition) is 4. The van der Waals surface area contributed by atoms with E-state index in [2.05, 4.69) is 4.74 Å². The van der Waals surface area contributed by atoms with Crippen LogP contribution in [0.25, 0.3) is 0 Å². The molecule has 0 fully saturated rings. The molecular weight excluding hydrogens is 253 g/mol. The summed E-state index contributed by atoms with van der Waals surface area (Å²) in [5.74, 6) is -0.400. The molecule has 0 saturated heterocycles. The number of alkyl halides is 3. The number of rotatable bonds is 4. The molecule has 0 unspecified atom stereocenters. The summed E-state index contributed by atoms with van der Waals surface area (Å²) in [7, 11) is 3.32. The van der Waals surface area contributed by atoms with E-state index in [1.807, 2.05) is 0 Å². The Morgan fingerprint density at radius 1 is 1.39 bits per heavy atom.